The quantitative estimate of drug-likeness (QED) is 0.483. The van der Waals surface area contributed by atoms with Gasteiger partial charge in [-0.05, 0) is 79.4 Å². The second-order valence-electron chi connectivity index (χ2n) is 9.06. The maximum atomic E-state index is 12.9. The molecule has 0 radical (unpaired) electrons. The largest absolute Gasteiger partial charge is 0.493 e. The van der Waals surface area contributed by atoms with Crippen molar-refractivity contribution in [3.05, 3.63) is 51.8 Å². The van der Waals surface area contributed by atoms with E-state index in [0.717, 1.165) is 60.5 Å². The molecule has 4 aromatic rings. The number of aromatic nitrogens is 3. The summed E-state index contributed by atoms with van der Waals surface area (Å²) in [4.78, 5) is 27.6. The van der Waals surface area contributed by atoms with E-state index >= 15 is 0 Å². The minimum atomic E-state index is -0.174. The molecule has 8 heteroatoms. The Morgan fingerprint density at radius 3 is 2.88 bits per heavy atom. The van der Waals surface area contributed by atoms with E-state index in [0.29, 0.717) is 41.0 Å². The van der Waals surface area contributed by atoms with Gasteiger partial charge in [0.25, 0.3) is 5.56 Å². The summed E-state index contributed by atoms with van der Waals surface area (Å²) in [7, 11) is 0. The van der Waals surface area contributed by atoms with Crippen molar-refractivity contribution in [3.8, 4) is 17.3 Å². The summed E-state index contributed by atoms with van der Waals surface area (Å²) in [6.07, 6.45) is 4.10. The number of aryl methyl sites for hydroxylation is 1. The van der Waals surface area contributed by atoms with Crippen molar-refractivity contribution in [2.24, 2.45) is 5.92 Å². The zero-order valence-corrected chi connectivity index (χ0v) is 19.4. The Morgan fingerprint density at radius 2 is 2.09 bits per heavy atom. The number of aromatic amines is 1. The van der Waals surface area contributed by atoms with Gasteiger partial charge < -0.3 is 14.5 Å². The second kappa shape index (κ2) is 8.52. The number of benzene rings is 1. The summed E-state index contributed by atoms with van der Waals surface area (Å²) >= 11 is 1.64. The van der Waals surface area contributed by atoms with Crippen molar-refractivity contribution in [3.63, 3.8) is 0 Å². The molecule has 7 nitrogen and oxygen atoms in total. The van der Waals surface area contributed by atoms with Crippen molar-refractivity contribution >= 4 is 32.3 Å². The molecule has 33 heavy (non-hydrogen) atoms. The zero-order chi connectivity index (χ0) is 22.4. The van der Waals surface area contributed by atoms with Gasteiger partial charge in [0, 0.05) is 6.20 Å². The fourth-order valence-corrected chi connectivity index (χ4v) is 5.46. The van der Waals surface area contributed by atoms with Crippen molar-refractivity contribution < 1.29 is 9.47 Å². The Hall–Kier alpha value is -2.81. The molecule has 0 spiro atoms. The SMILES string of the molecule is Cc1cc(OCC2CCN(C3COC3)CC2)cc2c(=O)[nH]c(-c3cc4ccsc4cn3)nc12. The van der Waals surface area contributed by atoms with Crippen LogP contribution in [0.25, 0.3) is 32.5 Å². The third-order valence-electron chi connectivity index (χ3n) is 6.83. The third kappa shape index (κ3) is 4.03. The lowest BCUT2D eigenvalue weighted by Gasteiger charge is -2.41. The highest BCUT2D eigenvalue weighted by molar-refractivity contribution is 7.17. The van der Waals surface area contributed by atoms with Gasteiger partial charge in [-0.3, -0.25) is 14.7 Å². The Labute approximate surface area is 195 Å². The monoisotopic (exact) mass is 462 g/mol. The summed E-state index contributed by atoms with van der Waals surface area (Å²) in [5, 5.41) is 3.68. The molecule has 0 saturated carbocycles. The lowest BCUT2D eigenvalue weighted by atomic mass is 9.96. The molecule has 1 aromatic carbocycles. The first-order chi connectivity index (χ1) is 16.1. The lowest BCUT2D eigenvalue weighted by Crippen LogP contribution is -2.52. The first kappa shape index (κ1) is 20.8. The Bertz CT molecular complexity index is 1370. The van der Waals surface area contributed by atoms with Crippen LogP contribution in [0.3, 0.4) is 0 Å². The maximum absolute atomic E-state index is 12.9. The molecule has 3 aromatic heterocycles. The first-order valence-electron chi connectivity index (χ1n) is 11.5. The lowest BCUT2D eigenvalue weighted by molar-refractivity contribution is -0.0750. The summed E-state index contributed by atoms with van der Waals surface area (Å²) in [5.41, 5.74) is 2.10. The average molecular weight is 463 g/mol. The van der Waals surface area contributed by atoms with Gasteiger partial charge in [-0.25, -0.2) is 4.98 Å². The van der Waals surface area contributed by atoms with Crippen molar-refractivity contribution in [1.29, 1.82) is 0 Å². The molecule has 170 valence electrons. The van der Waals surface area contributed by atoms with Gasteiger partial charge in [-0.15, -0.1) is 11.3 Å². The van der Waals surface area contributed by atoms with Gasteiger partial charge in [0.1, 0.15) is 11.4 Å². The summed E-state index contributed by atoms with van der Waals surface area (Å²) in [6.45, 7) is 6.61. The first-order valence-corrected chi connectivity index (χ1v) is 12.3. The Kier molecular flexibility index (Phi) is 5.36. The number of piperidine rings is 1. The van der Waals surface area contributed by atoms with Crippen LogP contribution in [0.2, 0.25) is 0 Å². The van der Waals surface area contributed by atoms with Crippen molar-refractivity contribution in [2.45, 2.75) is 25.8 Å². The molecule has 6 rings (SSSR count). The van der Waals surface area contributed by atoms with E-state index in [4.69, 9.17) is 14.5 Å². The molecule has 1 N–H and O–H groups in total. The molecule has 0 unspecified atom stereocenters. The van der Waals surface area contributed by atoms with Gasteiger partial charge in [-0.2, -0.15) is 0 Å². The number of hydrogen-bond donors (Lipinski definition) is 1. The molecule has 0 amide bonds. The van der Waals surface area contributed by atoms with Gasteiger partial charge in [0.15, 0.2) is 5.82 Å². The number of rotatable bonds is 5. The van der Waals surface area contributed by atoms with E-state index < -0.39 is 0 Å². The van der Waals surface area contributed by atoms with Gasteiger partial charge in [0.2, 0.25) is 0 Å². The molecule has 2 fully saturated rings. The minimum Gasteiger partial charge on any atom is -0.493 e. The number of nitrogens with one attached hydrogen (secondary N) is 1. The van der Waals surface area contributed by atoms with E-state index in [1.807, 2.05) is 42.8 Å². The number of pyridine rings is 1. The van der Waals surface area contributed by atoms with E-state index in [9.17, 15) is 4.79 Å². The third-order valence-corrected chi connectivity index (χ3v) is 7.70. The number of H-pyrrole nitrogens is 1. The highest BCUT2D eigenvalue weighted by Gasteiger charge is 2.29. The topological polar surface area (TPSA) is 80.3 Å². The zero-order valence-electron chi connectivity index (χ0n) is 18.5. The summed E-state index contributed by atoms with van der Waals surface area (Å²) < 4.78 is 12.6. The molecule has 2 aliphatic rings. The van der Waals surface area contributed by atoms with Crippen LogP contribution >= 0.6 is 11.3 Å². The Balaban J connectivity index is 1.20. The van der Waals surface area contributed by atoms with Crippen molar-refractivity contribution in [1.82, 2.24) is 19.9 Å². The number of ether oxygens (including phenoxy) is 2. The minimum absolute atomic E-state index is 0.174. The molecular weight excluding hydrogens is 436 g/mol. The van der Waals surface area contributed by atoms with E-state index in [1.54, 1.807) is 11.3 Å². The Morgan fingerprint density at radius 1 is 1.24 bits per heavy atom. The number of thiophene rings is 1. The van der Waals surface area contributed by atoms with Crippen LogP contribution in [-0.4, -0.2) is 58.8 Å². The normalized spacial score (nSPS) is 18.1. The van der Waals surface area contributed by atoms with E-state index in [-0.39, 0.29) is 5.56 Å². The summed E-state index contributed by atoms with van der Waals surface area (Å²) in [5.74, 6) is 1.75. The van der Waals surface area contributed by atoms with Gasteiger partial charge >= 0.3 is 0 Å². The highest BCUT2D eigenvalue weighted by atomic mass is 32.1. The van der Waals surface area contributed by atoms with Gasteiger partial charge in [-0.1, -0.05) is 0 Å². The van der Waals surface area contributed by atoms with Crippen LogP contribution in [0.5, 0.6) is 5.75 Å². The summed E-state index contributed by atoms with van der Waals surface area (Å²) in [6, 6.07) is 8.42. The van der Waals surface area contributed by atoms with Crippen LogP contribution in [0.1, 0.15) is 18.4 Å². The maximum Gasteiger partial charge on any atom is 0.259 e. The standard InChI is InChI=1S/C25H26N4O3S/c1-15-8-19(32-12-16-2-5-29(6-3-16)18-13-31-14-18)10-20-23(15)27-24(28-25(20)30)21-9-17-4-7-33-22(17)11-26-21/h4,7-11,16,18H,2-3,5-6,12-14H2,1H3,(H,27,28,30). The molecule has 5 heterocycles. The fraction of sp³-hybridized carbons (Fsp3) is 0.400. The highest BCUT2D eigenvalue weighted by Crippen LogP contribution is 2.27. The molecule has 2 aliphatic heterocycles. The van der Waals surface area contributed by atoms with Crippen LogP contribution < -0.4 is 10.3 Å². The predicted molar refractivity (Wildman–Crippen MR) is 130 cm³/mol. The molecule has 0 atom stereocenters. The van der Waals surface area contributed by atoms with Crippen LogP contribution in [0.4, 0.5) is 0 Å². The predicted octanol–water partition coefficient (Wildman–Crippen LogP) is 4.00. The smallest absolute Gasteiger partial charge is 0.259 e. The fourth-order valence-electron chi connectivity index (χ4n) is 4.72. The van der Waals surface area contributed by atoms with Crippen LogP contribution in [0.15, 0.2) is 40.6 Å². The van der Waals surface area contributed by atoms with E-state index in [1.165, 1.54) is 0 Å². The molecule has 2 saturated heterocycles. The molecule has 0 aliphatic carbocycles. The van der Waals surface area contributed by atoms with Crippen molar-refractivity contribution in [2.75, 3.05) is 32.9 Å². The van der Waals surface area contributed by atoms with E-state index in [2.05, 4.69) is 14.9 Å². The average Bonchev–Trinajstić information content (AvgIpc) is 3.26. The number of hydrogen-bond acceptors (Lipinski definition) is 7. The van der Waals surface area contributed by atoms with Gasteiger partial charge in [0.05, 0.1) is 41.5 Å². The second-order valence-corrected chi connectivity index (χ2v) is 10.0. The molecular formula is C25H26N4O3S. The molecule has 0 bridgehead atoms. The number of nitrogens with zero attached hydrogens (tertiary/aromatic N) is 3. The number of fused-ring (bicyclic) bond motifs is 2. The van der Waals surface area contributed by atoms with Crippen LogP contribution in [0, 0.1) is 12.8 Å². The van der Waals surface area contributed by atoms with Crippen LogP contribution in [-0.2, 0) is 4.74 Å². The number of likely N-dealkylation sites (tertiary alicyclic amines) is 1.